The van der Waals surface area contributed by atoms with E-state index in [2.05, 4.69) is 15.3 Å². The second kappa shape index (κ2) is 5.97. The van der Waals surface area contributed by atoms with Crippen molar-refractivity contribution >= 4 is 0 Å². The zero-order chi connectivity index (χ0) is 12.1. The van der Waals surface area contributed by atoms with Gasteiger partial charge in [0.15, 0.2) is 0 Å². The molecule has 0 aromatic carbocycles. The number of rotatable bonds is 5. The molecule has 0 spiro atoms. The van der Waals surface area contributed by atoms with Crippen LogP contribution in [0.4, 0.5) is 8.78 Å². The normalized spacial score (nSPS) is 15.0. The van der Waals surface area contributed by atoms with Crippen LogP contribution >= 0.6 is 0 Å². The monoisotopic (exact) mass is 243 g/mol. The van der Waals surface area contributed by atoms with E-state index in [0.717, 1.165) is 30.8 Å². The zero-order valence-electron chi connectivity index (χ0n) is 9.46. The summed E-state index contributed by atoms with van der Waals surface area (Å²) in [4.78, 5) is 8.60. The third-order valence-electron chi connectivity index (χ3n) is 2.57. The minimum atomic E-state index is -2.41. The molecule has 0 fully saturated rings. The van der Waals surface area contributed by atoms with Crippen molar-refractivity contribution in [1.29, 1.82) is 0 Å². The van der Waals surface area contributed by atoms with E-state index in [1.54, 1.807) is 6.20 Å². The highest BCUT2D eigenvalue weighted by Gasteiger charge is 2.11. The first-order chi connectivity index (χ1) is 8.25. The fraction of sp³-hybridized carbons (Fsp3) is 0.636. The lowest BCUT2D eigenvalue weighted by atomic mass is 10.1. The van der Waals surface area contributed by atoms with Crippen molar-refractivity contribution in [2.45, 2.75) is 25.8 Å². The van der Waals surface area contributed by atoms with Gasteiger partial charge in [-0.2, -0.15) is 0 Å². The van der Waals surface area contributed by atoms with Gasteiger partial charge in [0.1, 0.15) is 12.4 Å². The molecule has 1 N–H and O–H groups in total. The summed E-state index contributed by atoms with van der Waals surface area (Å²) in [5, 5.41) is 3.24. The molecule has 1 aliphatic heterocycles. The Bertz CT molecular complexity index is 374. The first kappa shape index (κ1) is 12.3. The van der Waals surface area contributed by atoms with Crippen molar-refractivity contribution < 1.29 is 13.5 Å². The Kier molecular flexibility index (Phi) is 4.33. The molecule has 2 heterocycles. The lowest BCUT2D eigenvalue weighted by molar-refractivity contribution is 0.0182. The molecule has 94 valence electrons. The van der Waals surface area contributed by atoms with E-state index in [0.29, 0.717) is 12.2 Å². The molecule has 6 heteroatoms. The van der Waals surface area contributed by atoms with E-state index in [4.69, 9.17) is 4.74 Å². The van der Waals surface area contributed by atoms with Crippen LogP contribution in [0.3, 0.4) is 0 Å². The van der Waals surface area contributed by atoms with Crippen LogP contribution in [0.15, 0.2) is 6.20 Å². The van der Waals surface area contributed by atoms with Crippen molar-refractivity contribution in [3.8, 4) is 0 Å². The quantitative estimate of drug-likeness (QED) is 0.782. The molecular weight excluding hydrogens is 228 g/mol. The minimum Gasteiger partial charge on any atom is -0.375 e. The first-order valence-electron chi connectivity index (χ1n) is 5.66. The number of nitrogens with one attached hydrogen (secondary N) is 1. The molecule has 1 aromatic heterocycles. The van der Waals surface area contributed by atoms with E-state index in [9.17, 15) is 8.78 Å². The highest BCUT2D eigenvalue weighted by molar-refractivity contribution is 5.20. The lowest BCUT2D eigenvalue weighted by Gasteiger charge is -2.16. The Morgan fingerprint density at radius 2 is 2.35 bits per heavy atom. The van der Waals surface area contributed by atoms with Gasteiger partial charge in [-0.05, 0) is 0 Å². The SMILES string of the molecule is FC(F)COCCc1ncc2c(n1)CCNC2. The van der Waals surface area contributed by atoms with E-state index < -0.39 is 13.0 Å². The summed E-state index contributed by atoms with van der Waals surface area (Å²) in [6.07, 6.45) is 0.762. The molecule has 0 unspecified atom stereocenters. The van der Waals surface area contributed by atoms with Gasteiger partial charge in [0.05, 0.1) is 6.61 Å². The van der Waals surface area contributed by atoms with E-state index in [1.807, 2.05) is 0 Å². The van der Waals surface area contributed by atoms with Gasteiger partial charge in [0.2, 0.25) is 0 Å². The molecule has 1 aliphatic rings. The molecule has 0 saturated heterocycles. The minimum absolute atomic E-state index is 0.237. The molecule has 0 saturated carbocycles. The van der Waals surface area contributed by atoms with Crippen molar-refractivity contribution in [3.63, 3.8) is 0 Å². The number of nitrogens with zero attached hydrogens (tertiary/aromatic N) is 2. The third kappa shape index (κ3) is 3.67. The second-order valence-corrected chi connectivity index (χ2v) is 3.90. The number of halogens is 2. The van der Waals surface area contributed by atoms with E-state index in [1.165, 1.54) is 0 Å². The Morgan fingerprint density at radius 1 is 1.47 bits per heavy atom. The molecule has 2 rings (SSSR count). The van der Waals surface area contributed by atoms with Crippen molar-refractivity contribution in [3.05, 3.63) is 23.3 Å². The fourth-order valence-corrected chi connectivity index (χ4v) is 1.73. The van der Waals surface area contributed by atoms with Crippen LogP contribution in [0.1, 0.15) is 17.1 Å². The average Bonchev–Trinajstić information content (AvgIpc) is 2.34. The van der Waals surface area contributed by atoms with Gasteiger partial charge < -0.3 is 10.1 Å². The van der Waals surface area contributed by atoms with Crippen LogP contribution in [-0.4, -0.2) is 36.2 Å². The predicted molar refractivity (Wildman–Crippen MR) is 58.0 cm³/mol. The lowest BCUT2D eigenvalue weighted by Crippen LogP contribution is -2.25. The zero-order valence-corrected chi connectivity index (χ0v) is 9.46. The highest BCUT2D eigenvalue weighted by Crippen LogP contribution is 2.10. The van der Waals surface area contributed by atoms with Gasteiger partial charge in [-0.25, -0.2) is 18.7 Å². The number of fused-ring (bicyclic) bond motifs is 1. The Balaban J connectivity index is 1.85. The highest BCUT2D eigenvalue weighted by atomic mass is 19.3. The van der Waals surface area contributed by atoms with Crippen LogP contribution in [0.25, 0.3) is 0 Å². The molecule has 0 radical (unpaired) electrons. The number of alkyl halides is 2. The fourth-order valence-electron chi connectivity index (χ4n) is 1.73. The van der Waals surface area contributed by atoms with Gasteiger partial charge in [-0.15, -0.1) is 0 Å². The summed E-state index contributed by atoms with van der Waals surface area (Å²) in [5.41, 5.74) is 2.18. The molecule has 0 bridgehead atoms. The van der Waals surface area contributed by atoms with Gasteiger partial charge >= 0.3 is 0 Å². The largest absolute Gasteiger partial charge is 0.375 e. The number of hydrogen-bond donors (Lipinski definition) is 1. The summed E-state index contributed by atoms with van der Waals surface area (Å²) in [5.74, 6) is 0.667. The van der Waals surface area contributed by atoms with E-state index in [-0.39, 0.29) is 6.61 Å². The predicted octanol–water partition coefficient (Wildman–Crippen LogP) is 0.946. The maximum absolute atomic E-state index is 11.8. The van der Waals surface area contributed by atoms with Gasteiger partial charge in [0.25, 0.3) is 6.43 Å². The van der Waals surface area contributed by atoms with Crippen molar-refractivity contribution in [1.82, 2.24) is 15.3 Å². The van der Waals surface area contributed by atoms with Crippen LogP contribution < -0.4 is 5.32 Å². The standard InChI is InChI=1S/C11H15F2N3O/c12-10(13)7-17-4-2-11-15-6-8-5-14-3-1-9(8)16-11/h6,10,14H,1-5,7H2. The average molecular weight is 243 g/mol. The Labute approximate surface area is 98.4 Å². The summed E-state index contributed by atoms with van der Waals surface area (Å²) >= 11 is 0. The van der Waals surface area contributed by atoms with Crippen molar-refractivity contribution in [2.75, 3.05) is 19.8 Å². The molecule has 1 aromatic rings. The molecule has 0 aliphatic carbocycles. The maximum atomic E-state index is 11.8. The van der Waals surface area contributed by atoms with Gasteiger partial charge in [0, 0.05) is 43.4 Å². The maximum Gasteiger partial charge on any atom is 0.261 e. The van der Waals surface area contributed by atoms with Crippen LogP contribution in [-0.2, 0) is 24.1 Å². The second-order valence-electron chi connectivity index (χ2n) is 3.90. The number of aromatic nitrogens is 2. The molecule has 0 amide bonds. The topological polar surface area (TPSA) is 47.0 Å². The summed E-state index contributed by atoms with van der Waals surface area (Å²) in [6, 6.07) is 0. The molecule has 17 heavy (non-hydrogen) atoms. The van der Waals surface area contributed by atoms with Crippen LogP contribution in [0.5, 0.6) is 0 Å². The third-order valence-corrected chi connectivity index (χ3v) is 2.57. The number of hydrogen-bond acceptors (Lipinski definition) is 4. The van der Waals surface area contributed by atoms with E-state index >= 15 is 0 Å². The van der Waals surface area contributed by atoms with Gasteiger partial charge in [-0.3, -0.25) is 0 Å². The van der Waals surface area contributed by atoms with Gasteiger partial charge in [-0.1, -0.05) is 0 Å². The smallest absolute Gasteiger partial charge is 0.261 e. The molecule has 4 nitrogen and oxygen atoms in total. The van der Waals surface area contributed by atoms with Crippen LogP contribution in [0.2, 0.25) is 0 Å². The Morgan fingerprint density at radius 3 is 3.18 bits per heavy atom. The van der Waals surface area contributed by atoms with Crippen LogP contribution in [0, 0.1) is 0 Å². The molecule has 0 atom stereocenters. The number of ether oxygens (including phenoxy) is 1. The summed E-state index contributed by atoms with van der Waals surface area (Å²) in [6.45, 7) is 1.44. The Hall–Kier alpha value is -1.14. The molecular formula is C11H15F2N3O. The summed E-state index contributed by atoms with van der Waals surface area (Å²) < 4.78 is 28.4. The van der Waals surface area contributed by atoms with Crippen molar-refractivity contribution in [2.24, 2.45) is 0 Å². The first-order valence-corrected chi connectivity index (χ1v) is 5.66. The summed E-state index contributed by atoms with van der Waals surface area (Å²) in [7, 11) is 0.